The van der Waals surface area contributed by atoms with E-state index in [2.05, 4.69) is 15.1 Å². The minimum absolute atomic E-state index is 0.255. The van der Waals surface area contributed by atoms with Crippen LogP contribution >= 0.6 is 0 Å². The normalized spacial score (nSPS) is 18.8. The lowest BCUT2D eigenvalue weighted by atomic mass is 9.81. The lowest BCUT2D eigenvalue weighted by molar-refractivity contribution is 0.200. The molecular weight excluding hydrogens is 464 g/mol. The molecule has 1 aliphatic heterocycles. The number of hydrogen-bond acceptors (Lipinski definition) is 5. The molecule has 0 unspecified atom stereocenters. The average molecular weight is 495 g/mol. The van der Waals surface area contributed by atoms with Crippen molar-refractivity contribution in [1.82, 2.24) is 19.1 Å². The van der Waals surface area contributed by atoms with Gasteiger partial charge in [0.25, 0.3) is 5.56 Å². The SMILES string of the molecule is [C-]#[N+]CC1(n2nc(Nc3ccc(S(=O)(=O)N4CCCCC4)cc3)c3c(=O)[nH]ccc32)CCCCC1. The fourth-order valence-corrected chi connectivity index (χ4v) is 6.94. The summed E-state index contributed by atoms with van der Waals surface area (Å²) in [6.45, 7) is 8.97. The molecule has 3 heterocycles. The van der Waals surface area contributed by atoms with Gasteiger partial charge in [0, 0.05) is 25.0 Å². The number of rotatable bonds is 6. The van der Waals surface area contributed by atoms with E-state index < -0.39 is 15.6 Å². The first-order valence-corrected chi connectivity index (χ1v) is 13.7. The fourth-order valence-electron chi connectivity index (χ4n) is 5.42. The van der Waals surface area contributed by atoms with Gasteiger partial charge < -0.3 is 15.1 Å². The van der Waals surface area contributed by atoms with Crippen molar-refractivity contribution in [3.05, 3.63) is 58.3 Å². The number of hydrogen-bond donors (Lipinski definition) is 2. The van der Waals surface area contributed by atoms with Crippen LogP contribution in [0, 0.1) is 6.57 Å². The van der Waals surface area contributed by atoms with E-state index in [4.69, 9.17) is 11.7 Å². The third-order valence-electron chi connectivity index (χ3n) is 7.28. The minimum Gasteiger partial charge on any atom is -0.338 e. The summed E-state index contributed by atoms with van der Waals surface area (Å²) >= 11 is 0. The molecule has 1 aromatic carbocycles. The highest BCUT2D eigenvalue weighted by Crippen LogP contribution is 2.38. The first-order chi connectivity index (χ1) is 16.9. The smallest absolute Gasteiger partial charge is 0.261 e. The lowest BCUT2D eigenvalue weighted by Gasteiger charge is -2.33. The maximum absolute atomic E-state index is 13.0. The van der Waals surface area contributed by atoms with Crippen LogP contribution in [-0.4, -0.2) is 47.1 Å². The molecule has 1 saturated heterocycles. The van der Waals surface area contributed by atoms with Crippen LogP contribution in [0.2, 0.25) is 0 Å². The van der Waals surface area contributed by atoms with Gasteiger partial charge in [0.2, 0.25) is 16.6 Å². The molecule has 2 fully saturated rings. The van der Waals surface area contributed by atoms with Crippen molar-refractivity contribution in [1.29, 1.82) is 0 Å². The van der Waals surface area contributed by atoms with E-state index in [9.17, 15) is 13.2 Å². The predicted octanol–water partition coefficient (Wildman–Crippen LogP) is 4.22. The molecular formula is C25H30N6O3S. The Balaban J connectivity index is 1.49. The van der Waals surface area contributed by atoms with Crippen molar-refractivity contribution < 1.29 is 8.42 Å². The number of H-pyrrole nitrogens is 1. The standard InChI is InChI=1S/C25H30N6O3S/c1-26-18-25(13-4-2-5-14-25)31-21-12-15-27-24(32)22(21)23(29-31)28-19-8-10-20(11-9-19)35(33,34)30-16-6-3-7-17-30/h8-12,15H,2-7,13-14,16-18H2,(H,27,32)(H,28,29). The molecule has 0 amide bonds. The van der Waals surface area contributed by atoms with Crippen molar-refractivity contribution in [3.63, 3.8) is 0 Å². The van der Waals surface area contributed by atoms with Gasteiger partial charge in [-0.2, -0.15) is 9.40 Å². The van der Waals surface area contributed by atoms with E-state index in [-0.39, 0.29) is 10.5 Å². The highest BCUT2D eigenvalue weighted by Gasteiger charge is 2.40. The molecule has 1 saturated carbocycles. The first kappa shape index (κ1) is 23.6. The third-order valence-corrected chi connectivity index (χ3v) is 9.19. The number of anilines is 2. The van der Waals surface area contributed by atoms with Crippen LogP contribution in [0.4, 0.5) is 11.5 Å². The molecule has 0 bridgehead atoms. The van der Waals surface area contributed by atoms with Gasteiger partial charge in [0.1, 0.15) is 10.9 Å². The number of sulfonamides is 1. The number of benzene rings is 1. The third kappa shape index (κ3) is 4.34. The van der Waals surface area contributed by atoms with E-state index in [1.54, 1.807) is 34.8 Å². The summed E-state index contributed by atoms with van der Waals surface area (Å²) in [5.74, 6) is 0.406. The van der Waals surface area contributed by atoms with Crippen LogP contribution < -0.4 is 10.9 Å². The molecule has 9 nitrogen and oxygen atoms in total. The zero-order chi connectivity index (χ0) is 24.5. The number of aromatic nitrogens is 3. The molecule has 3 aromatic rings. The maximum Gasteiger partial charge on any atom is 0.261 e. The Morgan fingerprint density at radius 3 is 2.40 bits per heavy atom. The molecule has 2 aromatic heterocycles. The summed E-state index contributed by atoms with van der Waals surface area (Å²) in [7, 11) is -3.52. The van der Waals surface area contributed by atoms with Gasteiger partial charge in [-0.25, -0.2) is 19.7 Å². The minimum atomic E-state index is -3.52. The number of nitrogens with one attached hydrogen (secondary N) is 2. The Labute approximate surface area is 205 Å². The van der Waals surface area contributed by atoms with Crippen LogP contribution in [-0.2, 0) is 15.6 Å². The zero-order valence-corrected chi connectivity index (χ0v) is 20.5. The second kappa shape index (κ2) is 9.47. The number of piperidine rings is 1. The van der Waals surface area contributed by atoms with Crippen LogP contribution in [0.3, 0.4) is 0 Å². The number of fused-ring (bicyclic) bond motifs is 1. The van der Waals surface area contributed by atoms with Gasteiger partial charge >= 0.3 is 0 Å². The molecule has 2 aliphatic rings. The fraction of sp³-hybridized carbons (Fsp3) is 0.480. The van der Waals surface area contributed by atoms with Gasteiger partial charge in [0.05, 0.1) is 10.4 Å². The van der Waals surface area contributed by atoms with Gasteiger partial charge in [0.15, 0.2) is 5.82 Å². The van der Waals surface area contributed by atoms with E-state index in [1.807, 2.05) is 10.7 Å². The van der Waals surface area contributed by atoms with Crippen LogP contribution in [0.25, 0.3) is 15.7 Å². The van der Waals surface area contributed by atoms with Crippen LogP contribution in [0.15, 0.2) is 46.2 Å². The van der Waals surface area contributed by atoms with Gasteiger partial charge in [-0.1, -0.05) is 25.7 Å². The second-order valence-electron chi connectivity index (χ2n) is 9.54. The van der Waals surface area contributed by atoms with Gasteiger partial charge in [-0.05, 0) is 56.0 Å². The molecule has 10 heteroatoms. The van der Waals surface area contributed by atoms with Crippen molar-refractivity contribution in [2.75, 3.05) is 25.0 Å². The predicted molar refractivity (Wildman–Crippen MR) is 135 cm³/mol. The van der Waals surface area contributed by atoms with E-state index in [1.165, 1.54) is 0 Å². The van der Waals surface area contributed by atoms with Crippen molar-refractivity contribution in [2.24, 2.45) is 0 Å². The topological polar surface area (TPSA) is 104 Å². The summed E-state index contributed by atoms with van der Waals surface area (Å²) in [6, 6.07) is 8.43. The first-order valence-electron chi connectivity index (χ1n) is 12.3. The van der Waals surface area contributed by atoms with E-state index >= 15 is 0 Å². The van der Waals surface area contributed by atoms with Gasteiger partial charge in [-0.15, -0.1) is 0 Å². The molecule has 35 heavy (non-hydrogen) atoms. The zero-order valence-electron chi connectivity index (χ0n) is 19.7. The molecule has 0 atom stereocenters. The highest BCUT2D eigenvalue weighted by atomic mass is 32.2. The molecule has 2 N–H and O–H groups in total. The van der Waals surface area contributed by atoms with Crippen molar-refractivity contribution >= 4 is 32.4 Å². The largest absolute Gasteiger partial charge is 0.338 e. The highest BCUT2D eigenvalue weighted by molar-refractivity contribution is 7.89. The summed E-state index contributed by atoms with van der Waals surface area (Å²) in [5.41, 5.74) is 0.652. The number of nitrogens with zero attached hydrogens (tertiary/aromatic N) is 4. The van der Waals surface area contributed by atoms with Crippen molar-refractivity contribution in [3.8, 4) is 0 Å². The van der Waals surface area contributed by atoms with Crippen LogP contribution in [0.1, 0.15) is 51.4 Å². The monoisotopic (exact) mass is 494 g/mol. The maximum atomic E-state index is 13.0. The van der Waals surface area contributed by atoms with E-state index in [0.29, 0.717) is 42.0 Å². The summed E-state index contributed by atoms with van der Waals surface area (Å²) < 4.78 is 29.4. The Kier molecular flexibility index (Phi) is 6.38. The van der Waals surface area contributed by atoms with Crippen LogP contribution in [0.5, 0.6) is 0 Å². The number of pyridine rings is 1. The van der Waals surface area contributed by atoms with Crippen molar-refractivity contribution in [2.45, 2.75) is 61.8 Å². The Morgan fingerprint density at radius 2 is 1.71 bits per heavy atom. The molecule has 0 radical (unpaired) electrons. The molecule has 1 aliphatic carbocycles. The number of aromatic amines is 1. The Morgan fingerprint density at radius 1 is 1.03 bits per heavy atom. The summed E-state index contributed by atoms with van der Waals surface area (Å²) in [6.07, 6.45) is 9.33. The van der Waals surface area contributed by atoms with Gasteiger partial charge in [-0.3, -0.25) is 4.79 Å². The summed E-state index contributed by atoms with van der Waals surface area (Å²) in [4.78, 5) is 19.5. The molecule has 184 valence electrons. The Hall–Kier alpha value is -3.16. The lowest BCUT2D eigenvalue weighted by Crippen LogP contribution is -2.39. The second-order valence-corrected chi connectivity index (χ2v) is 11.5. The quantitative estimate of drug-likeness (QED) is 0.499. The van der Waals surface area contributed by atoms with E-state index in [0.717, 1.165) is 51.4 Å². The average Bonchev–Trinajstić information content (AvgIpc) is 3.26. The molecule has 5 rings (SSSR count). The molecule has 0 spiro atoms. The summed E-state index contributed by atoms with van der Waals surface area (Å²) in [5, 5.41) is 8.48. The Bertz CT molecular complexity index is 1410.